The zero-order chi connectivity index (χ0) is 10.8. The largest absolute Gasteiger partial charge is 0.338 e. The Balaban J connectivity index is 2.32. The van der Waals surface area contributed by atoms with Gasteiger partial charge < -0.3 is 9.09 Å². The van der Waals surface area contributed by atoms with Crippen molar-refractivity contribution < 1.29 is 4.52 Å². The maximum Gasteiger partial charge on any atom is 0.239 e. The van der Waals surface area contributed by atoms with Crippen molar-refractivity contribution in [2.24, 2.45) is 7.05 Å². The third kappa shape index (κ3) is 1.90. The van der Waals surface area contributed by atoms with Gasteiger partial charge in [-0.15, -0.1) is 0 Å². The van der Waals surface area contributed by atoms with Crippen LogP contribution in [0.2, 0.25) is 0 Å². The number of aryl methyl sites for hydroxylation is 1. The van der Waals surface area contributed by atoms with Gasteiger partial charge in [-0.25, -0.2) is 4.98 Å². The zero-order valence-electron chi connectivity index (χ0n) is 8.84. The molecule has 0 radical (unpaired) electrons. The van der Waals surface area contributed by atoms with Crippen LogP contribution in [0.1, 0.15) is 18.1 Å². The normalized spacial score (nSPS) is 13.0. The molecule has 1 unspecified atom stereocenters. The predicted molar refractivity (Wildman–Crippen MR) is 58.4 cm³/mol. The van der Waals surface area contributed by atoms with Gasteiger partial charge in [-0.1, -0.05) is 5.16 Å². The second kappa shape index (κ2) is 4.06. The molecule has 2 heterocycles. The highest BCUT2D eigenvalue weighted by atomic mass is 32.2. The lowest BCUT2D eigenvalue weighted by Crippen LogP contribution is -1.92. The molecule has 0 saturated carbocycles. The number of thioether (sulfide) groups is 1. The highest BCUT2D eigenvalue weighted by molar-refractivity contribution is 7.98. The van der Waals surface area contributed by atoms with Crippen LogP contribution in [0.4, 0.5) is 0 Å². The molecule has 5 nitrogen and oxygen atoms in total. The van der Waals surface area contributed by atoms with Crippen molar-refractivity contribution in [3.63, 3.8) is 0 Å². The molecule has 0 aliphatic carbocycles. The second-order valence-electron chi connectivity index (χ2n) is 3.22. The molecular weight excluding hydrogens is 212 g/mol. The molecule has 2 aromatic rings. The smallest absolute Gasteiger partial charge is 0.239 e. The first kappa shape index (κ1) is 10.2. The monoisotopic (exact) mass is 224 g/mol. The number of aromatic nitrogens is 4. The van der Waals surface area contributed by atoms with E-state index in [1.165, 1.54) is 0 Å². The summed E-state index contributed by atoms with van der Waals surface area (Å²) in [5.41, 5.74) is 0.860. The van der Waals surface area contributed by atoms with Crippen molar-refractivity contribution >= 4 is 11.8 Å². The number of imidazole rings is 1. The highest BCUT2D eigenvalue weighted by Gasteiger charge is 2.15. The lowest BCUT2D eigenvalue weighted by molar-refractivity contribution is 0.380. The van der Waals surface area contributed by atoms with Crippen LogP contribution in [0.3, 0.4) is 0 Å². The summed E-state index contributed by atoms with van der Waals surface area (Å²) in [6.07, 6.45) is 5.44. The number of rotatable bonds is 3. The van der Waals surface area contributed by atoms with Crippen LogP contribution >= 0.6 is 11.8 Å². The minimum absolute atomic E-state index is 0.222. The highest BCUT2D eigenvalue weighted by Crippen LogP contribution is 2.25. The van der Waals surface area contributed by atoms with Crippen LogP contribution in [0.25, 0.3) is 11.5 Å². The summed E-state index contributed by atoms with van der Waals surface area (Å²) in [6, 6.07) is 0. The van der Waals surface area contributed by atoms with E-state index in [1.54, 1.807) is 24.3 Å². The van der Waals surface area contributed by atoms with Gasteiger partial charge in [0.1, 0.15) is 5.69 Å². The second-order valence-corrected chi connectivity index (χ2v) is 4.40. The summed E-state index contributed by atoms with van der Waals surface area (Å²) < 4.78 is 7.03. The first-order valence-corrected chi connectivity index (χ1v) is 5.84. The molecule has 1 atom stereocenters. The summed E-state index contributed by atoms with van der Waals surface area (Å²) in [6.45, 7) is 2.03. The van der Waals surface area contributed by atoms with Gasteiger partial charge in [0.15, 0.2) is 0 Å². The van der Waals surface area contributed by atoms with Crippen LogP contribution in [0, 0.1) is 0 Å². The maximum atomic E-state index is 5.17. The van der Waals surface area contributed by atoms with Crippen molar-refractivity contribution in [2.45, 2.75) is 12.2 Å². The standard InChI is InChI=1S/C9H12N4OS/c1-6(15-3)9-11-8(12-14-9)7-4-10-5-13(7)2/h4-6H,1-3H3. The Morgan fingerprint density at radius 1 is 1.53 bits per heavy atom. The van der Waals surface area contributed by atoms with Gasteiger partial charge in [0.2, 0.25) is 11.7 Å². The molecule has 0 aromatic carbocycles. The Labute approximate surface area is 91.9 Å². The van der Waals surface area contributed by atoms with E-state index in [2.05, 4.69) is 15.1 Å². The molecule has 0 bridgehead atoms. The van der Waals surface area contributed by atoms with Crippen molar-refractivity contribution in [1.29, 1.82) is 0 Å². The minimum Gasteiger partial charge on any atom is -0.338 e. The van der Waals surface area contributed by atoms with E-state index in [4.69, 9.17) is 4.52 Å². The molecular formula is C9H12N4OS. The fourth-order valence-corrected chi connectivity index (χ4v) is 1.48. The molecule has 0 amide bonds. The van der Waals surface area contributed by atoms with Crippen LogP contribution in [0.5, 0.6) is 0 Å². The van der Waals surface area contributed by atoms with Crippen LogP contribution in [0.15, 0.2) is 17.0 Å². The van der Waals surface area contributed by atoms with Crippen LogP contribution < -0.4 is 0 Å². The van der Waals surface area contributed by atoms with Gasteiger partial charge in [0.05, 0.1) is 17.8 Å². The first-order valence-electron chi connectivity index (χ1n) is 4.55. The van der Waals surface area contributed by atoms with Crippen molar-refractivity contribution in [1.82, 2.24) is 19.7 Å². The van der Waals surface area contributed by atoms with Crippen molar-refractivity contribution in [3.05, 3.63) is 18.4 Å². The fourth-order valence-electron chi connectivity index (χ4n) is 1.18. The molecule has 0 saturated heterocycles. The number of hydrogen-bond acceptors (Lipinski definition) is 5. The molecule has 2 rings (SSSR count). The van der Waals surface area contributed by atoms with Gasteiger partial charge in [-0.05, 0) is 13.2 Å². The lowest BCUT2D eigenvalue weighted by atomic mass is 10.4. The van der Waals surface area contributed by atoms with E-state index in [-0.39, 0.29) is 5.25 Å². The zero-order valence-corrected chi connectivity index (χ0v) is 9.65. The average Bonchev–Trinajstić information content (AvgIpc) is 2.84. The minimum atomic E-state index is 0.222. The molecule has 0 aliphatic rings. The summed E-state index contributed by atoms with van der Waals surface area (Å²) in [5.74, 6) is 1.24. The van der Waals surface area contributed by atoms with E-state index in [0.29, 0.717) is 11.7 Å². The van der Waals surface area contributed by atoms with Gasteiger partial charge >= 0.3 is 0 Å². The number of hydrogen-bond donors (Lipinski definition) is 0. The van der Waals surface area contributed by atoms with Gasteiger partial charge in [0.25, 0.3) is 0 Å². The van der Waals surface area contributed by atoms with E-state index in [9.17, 15) is 0 Å². The first-order chi connectivity index (χ1) is 7.22. The van der Waals surface area contributed by atoms with E-state index < -0.39 is 0 Å². The summed E-state index contributed by atoms with van der Waals surface area (Å²) in [5, 5.41) is 4.15. The Kier molecular flexibility index (Phi) is 2.77. The van der Waals surface area contributed by atoms with Gasteiger partial charge in [-0.2, -0.15) is 16.7 Å². The van der Waals surface area contributed by atoms with Crippen LogP contribution in [-0.2, 0) is 7.05 Å². The van der Waals surface area contributed by atoms with Gasteiger partial charge in [-0.3, -0.25) is 0 Å². The van der Waals surface area contributed by atoms with Crippen molar-refractivity contribution in [3.8, 4) is 11.5 Å². The van der Waals surface area contributed by atoms with E-state index in [0.717, 1.165) is 5.69 Å². The summed E-state index contributed by atoms with van der Waals surface area (Å²) >= 11 is 1.67. The molecule has 0 spiro atoms. The van der Waals surface area contributed by atoms with Gasteiger partial charge in [0, 0.05) is 7.05 Å². The fraction of sp³-hybridized carbons (Fsp3) is 0.444. The lowest BCUT2D eigenvalue weighted by Gasteiger charge is -1.98. The maximum absolute atomic E-state index is 5.17. The number of nitrogens with zero attached hydrogens (tertiary/aromatic N) is 4. The summed E-state index contributed by atoms with van der Waals surface area (Å²) in [4.78, 5) is 8.33. The molecule has 0 aliphatic heterocycles. The third-order valence-corrected chi connectivity index (χ3v) is 3.10. The van der Waals surface area contributed by atoms with E-state index >= 15 is 0 Å². The molecule has 2 aromatic heterocycles. The average molecular weight is 224 g/mol. The molecule has 80 valence electrons. The quantitative estimate of drug-likeness (QED) is 0.797. The Hall–Kier alpha value is -1.30. The molecule has 15 heavy (non-hydrogen) atoms. The van der Waals surface area contributed by atoms with Crippen molar-refractivity contribution in [2.75, 3.05) is 6.26 Å². The Morgan fingerprint density at radius 2 is 2.33 bits per heavy atom. The predicted octanol–water partition coefficient (Wildman–Crippen LogP) is 1.89. The van der Waals surface area contributed by atoms with E-state index in [1.807, 2.05) is 24.8 Å². The SMILES string of the molecule is CSC(C)c1nc(-c2cncn2C)no1. The molecule has 0 N–H and O–H groups in total. The Morgan fingerprint density at radius 3 is 2.93 bits per heavy atom. The third-order valence-electron chi connectivity index (χ3n) is 2.19. The molecule has 6 heteroatoms. The van der Waals surface area contributed by atoms with Crippen LogP contribution in [-0.4, -0.2) is 25.9 Å². The summed E-state index contributed by atoms with van der Waals surface area (Å²) in [7, 11) is 1.90. The topological polar surface area (TPSA) is 56.7 Å². The Bertz CT molecular complexity index is 450. The molecule has 0 fully saturated rings.